The van der Waals surface area contributed by atoms with E-state index in [0.717, 1.165) is 28.7 Å². The molecule has 18 heavy (non-hydrogen) atoms. The molecule has 2 heteroatoms. The van der Waals surface area contributed by atoms with Crippen molar-refractivity contribution in [2.24, 2.45) is 0 Å². The second-order valence-electron chi connectivity index (χ2n) is 3.78. The highest BCUT2D eigenvalue weighted by Gasteiger charge is 2.09. The number of carbonyl (C=O) groups is 1. The molecule has 0 aliphatic heterocycles. The van der Waals surface area contributed by atoms with Crippen LogP contribution in [0.1, 0.15) is 11.1 Å². The number of allylic oxidation sites excluding steroid dienone is 1. The van der Waals surface area contributed by atoms with Gasteiger partial charge in [-0.1, -0.05) is 48.5 Å². The third-order valence-electron chi connectivity index (χ3n) is 2.72. The zero-order chi connectivity index (χ0) is 12.8. The van der Waals surface area contributed by atoms with Gasteiger partial charge in [0.2, 0.25) is 0 Å². The highest BCUT2D eigenvalue weighted by Crippen LogP contribution is 2.30. The van der Waals surface area contributed by atoms with Crippen LogP contribution in [0.15, 0.2) is 60.7 Å². The predicted octanol–water partition coefficient (Wildman–Crippen LogP) is 3.33. The summed E-state index contributed by atoms with van der Waals surface area (Å²) in [6.45, 7) is 0. The SMILES string of the molecule is COc1ccccc1/C(=C/C=O)c1ccccc1. The van der Waals surface area contributed by atoms with Crippen molar-refractivity contribution in [3.8, 4) is 5.75 Å². The van der Waals surface area contributed by atoms with Crippen LogP contribution in [0, 0.1) is 0 Å². The highest BCUT2D eigenvalue weighted by atomic mass is 16.5. The molecule has 0 saturated heterocycles. The zero-order valence-electron chi connectivity index (χ0n) is 10.2. The van der Waals surface area contributed by atoms with Crippen LogP contribution >= 0.6 is 0 Å². The molecule has 0 N–H and O–H groups in total. The Hall–Kier alpha value is -2.35. The second kappa shape index (κ2) is 5.82. The lowest BCUT2D eigenvalue weighted by Crippen LogP contribution is -1.93. The van der Waals surface area contributed by atoms with Gasteiger partial charge in [-0.3, -0.25) is 4.79 Å². The highest BCUT2D eigenvalue weighted by molar-refractivity contribution is 5.91. The van der Waals surface area contributed by atoms with Crippen molar-refractivity contribution in [3.05, 3.63) is 71.8 Å². The summed E-state index contributed by atoms with van der Waals surface area (Å²) in [5, 5.41) is 0. The smallest absolute Gasteiger partial charge is 0.143 e. The number of carbonyl (C=O) groups excluding carboxylic acids is 1. The fraction of sp³-hybridized carbons (Fsp3) is 0.0625. The fourth-order valence-electron chi connectivity index (χ4n) is 1.89. The van der Waals surface area contributed by atoms with E-state index in [1.54, 1.807) is 13.2 Å². The first-order chi connectivity index (χ1) is 8.86. The molecule has 0 fully saturated rings. The van der Waals surface area contributed by atoms with Gasteiger partial charge < -0.3 is 4.74 Å². The van der Waals surface area contributed by atoms with Crippen molar-refractivity contribution < 1.29 is 9.53 Å². The molecular weight excluding hydrogens is 224 g/mol. The summed E-state index contributed by atoms with van der Waals surface area (Å²) in [6, 6.07) is 17.5. The van der Waals surface area contributed by atoms with Crippen LogP contribution in [-0.4, -0.2) is 13.4 Å². The number of benzene rings is 2. The number of rotatable bonds is 4. The average molecular weight is 238 g/mol. The minimum atomic E-state index is 0.759. The molecule has 0 radical (unpaired) electrons. The van der Waals surface area contributed by atoms with Gasteiger partial charge in [0.25, 0.3) is 0 Å². The first-order valence-corrected chi connectivity index (χ1v) is 5.71. The van der Waals surface area contributed by atoms with Crippen LogP contribution in [0.4, 0.5) is 0 Å². The van der Waals surface area contributed by atoms with Crippen molar-refractivity contribution >= 4 is 11.9 Å². The standard InChI is InChI=1S/C16H14O2/c1-18-16-10-6-5-9-15(16)14(11-12-17)13-7-3-2-4-8-13/h2-12H,1H3/b14-11+. The van der Waals surface area contributed by atoms with Gasteiger partial charge in [0, 0.05) is 5.56 Å². The quantitative estimate of drug-likeness (QED) is 0.603. The summed E-state index contributed by atoms with van der Waals surface area (Å²) in [5.41, 5.74) is 2.77. The maximum atomic E-state index is 10.8. The average Bonchev–Trinajstić information content (AvgIpc) is 2.46. The van der Waals surface area contributed by atoms with Gasteiger partial charge in [0.1, 0.15) is 12.0 Å². The lowest BCUT2D eigenvalue weighted by atomic mass is 9.97. The first kappa shape index (κ1) is 12.1. The van der Waals surface area contributed by atoms with Crippen molar-refractivity contribution in [1.29, 1.82) is 0 Å². The molecule has 0 spiro atoms. The van der Waals surface area contributed by atoms with E-state index in [-0.39, 0.29) is 0 Å². The second-order valence-corrected chi connectivity index (χ2v) is 3.78. The lowest BCUT2D eigenvalue weighted by molar-refractivity contribution is -0.104. The Balaban J connectivity index is 2.56. The maximum Gasteiger partial charge on any atom is 0.143 e. The van der Waals surface area contributed by atoms with E-state index in [1.165, 1.54) is 0 Å². The molecule has 2 aromatic rings. The van der Waals surface area contributed by atoms with Crippen LogP contribution in [0.2, 0.25) is 0 Å². The molecule has 2 rings (SSSR count). The Kier molecular flexibility index (Phi) is 3.92. The molecule has 0 aliphatic rings. The van der Waals surface area contributed by atoms with Gasteiger partial charge in [0.15, 0.2) is 0 Å². The van der Waals surface area contributed by atoms with Gasteiger partial charge in [-0.25, -0.2) is 0 Å². The van der Waals surface area contributed by atoms with Crippen molar-refractivity contribution in [1.82, 2.24) is 0 Å². The fourth-order valence-corrected chi connectivity index (χ4v) is 1.89. The minimum Gasteiger partial charge on any atom is -0.496 e. The monoisotopic (exact) mass is 238 g/mol. The van der Waals surface area contributed by atoms with Gasteiger partial charge in [-0.05, 0) is 23.3 Å². The molecule has 0 heterocycles. The van der Waals surface area contributed by atoms with E-state index in [0.29, 0.717) is 0 Å². The molecule has 2 aromatic carbocycles. The Morgan fingerprint density at radius 3 is 2.33 bits per heavy atom. The first-order valence-electron chi connectivity index (χ1n) is 5.71. The van der Waals surface area contributed by atoms with E-state index in [4.69, 9.17) is 4.74 Å². The van der Waals surface area contributed by atoms with Crippen molar-refractivity contribution in [3.63, 3.8) is 0 Å². The molecule has 0 atom stereocenters. The van der Waals surface area contributed by atoms with Crippen molar-refractivity contribution in [2.75, 3.05) is 7.11 Å². The molecule has 0 bridgehead atoms. The Bertz CT molecular complexity index is 556. The molecule has 0 amide bonds. The van der Waals surface area contributed by atoms with Crippen LogP contribution in [0.25, 0.3) is 5.57 Å². The van der Waals surface area contributed by atoms with Gasteiger partial charge in [0.05, 0.1) is 7.11 Å². The predicted molar refractivity (Wildman–Crippen MR) is 72.6 cm³/mol. The number of aldehydes is 1. The van der Waals surface area contributed by atoms with Gasteiger partial charge >= 0.3 is 0 Å². The van der Waals surface area contributed by atoms with E-state index in [2.05, 4.69) is 0 Å². The molecule has 0 aromatic heterocycles. The molecule has 90 valence electrons. The molecule has 0 unspecified atom stereocenters. The summed E-state index contributed by atoms with van der Waals surface area (Å²) in [6.07, 6.45) is 2.36. The normalized spacial score (nSPS) is 11.1. The number of hydrogen-bond acceptors (Lipinski definition) is 2. The molecule has 0 saturated carbocycles. The molecule has 0 aliphatic carbocycles. The number of methoxy groups -OCH3 is 1. The van der Waals surface area contributed by atoms with E-state index in [1.807, 2.05) is 54.6 Å². The topological polar surface area (TPSA) is 26.3 Å². The summed E-state index contributed by atoms with van der Waals surface area (Å²) in [5.74, 6) is 0.759. The van der Waals surface area contributed by atoms with Gasteiger partial charge in [-0.2, -0.15) is 0 Å². The van der Waals surface area contributed by atoms with E-state index >= 15 is 0 Å². The largest absolute Gasteiger partial charge is 0.496 e. The third kappa shape index (κ3) is 2.48. The van der Waals surface area contributed by atoms with Crippen LogP contribution < -0.4 is 4.74 Å². The maximum absolute atomic E-state index is 10.8. The Morgan fingerprint density at radius 2 is 1.67 bits per heavy atom. The zero-order valence-corrected chi connectivity index (χ0v) is 10.2. The van der Waals surface area contributed by atoms with Crippen LogP contribution in [0.3, 0.4) is 0 Å². The summed E-state index contributed by atoms with van der Waals surface area (Å²) < 4.78 is 5.34. The van der Waals surface area contributed by atoms with Crippen LogP contribution in [0.5, 0.6) is 5.75 Å². The number of ether oxygens (including phenoxy) is 1. The van der Waals surface area contributed by atoms with Crippen LogP contribution in [-0.2, 0) is 4.79 Å². The number of para-hydroxylation sites is 1. The van der Waals surface area contributed by atoms with E-state index in [9.17, 15) is 4.79 Å². The Morgan fingerprint density at radius 1 is 1.00 bits per heavy atom. The number of hydrogen-bond donors (Lipinski definition) is 0. The van der Waals surface area contributed by atoms with Crippen molar-refractivity contribution in [2.45, 2.75) is 0 Å². The molecule has 2 nitrogen and oxygen atoms in total. The Labute approximate surface area is 107 Å². The summed E-state index contributed by atoms with van der Waals surface area (Å²) in [7, 11) is 1.63. The molecular formula is C16H14O2. The summed E-state index contributed by atoms with van der Waals surface area (Å²) >= 11 is 0. The third-order valence-corrected chi connectivity index (χ3v) is 2.72. The van der Waals surface area contributed by atoms with Gasteiger partial charge in [-0.15, -0.1) is 0 Å². The summed E-state index contributed by atoms with van der Waals surface area (Å²) in [4.78, 5) is 10.8. The lowest BCUT2D eigenvalue weighted by Gasteiger charge is -2.11. The van der Waals surface area contributed by atoms with E-state index < -0.39 is 0 Å². The minimum absolute atomic E-state index is 0.759.